The van der Waals surface area contributed by atoms with Gasteiger partial charge in [-0.3, -0.25) is 14.5 Å². The van der Waals surface area contributed by atoms with Crippen molar-refractivity contribution in [2.45, 2.75) is 19.5 Å². The highest BCUT2D eigenvalue weighted by Crippen LogP contribution is 2.23. The number of hydrogen-bond acceptors (Lipinski definition) is 4. The molecule has 0 unspecified atom stereocenters. The zero-order chi connectivity index (χ0) is 17.1. The molecule has 128 valence electrons. The number of nitrogens with zero attached hydrogens (tertiary/aromatic N) is 5. The molecule has 0 saturated carbocycles. The Morgan fingerprint density at radius 2 is 2.12 bits per heavy atom. The number of carbonyl (C=O) groups excluding carboxylic acids is 1. The van der Waals surface area contributed by atoms with Crippen LogP contribution in [0.15, 0.2) is 41.6 Å². The number of carbonyl (C=O) groups is 1. The van der Waals surface area contributed by atoms with E-state index in [9.17, 15) is 9.59 Å². The minimum Gasteiger partial charge on any atom is -0.338 e. The van der Waals surface area contributed by atoms with Crippen LogP contribution in [-0.4, -0.2) is 56.0 Å². The first-order chi connectivity index (χ1) is 11.6. The van der Waals surface area contributed by atoms with Crippen LogP contribution in [0.5, 0.6) is 0 Å². The summed E-state index contributed by atoms with van der Waals surface area (Å²) in [6.45, 7) is 5.20. The van der Waals surface area contributed by atoms with Gasteiger partial charge in [-0.05, 0) is 12.6 Å². The summed E-state index contributed by atoms with van der Waals surface area (Å²) in [4.78, 5) is 33.1. The third-order valence-corrected chi connectivity index (χ3v) is 4.61. The van der Waals surface area contributed by atoms with Gasteiger partial charge in [0.15, 0.2) is 0 Å². The summed E-state index contributed by atoms with van der Waals surface area (Å²) in [6, 6.07) is 5.00. The van der Waals surface area contributed by atoms with Gasteiger partial charge in [0.05, 0.1) is 6.04 Å². The van der Waals surface area contributed by atoms with Gasteiger partial charge in [-0.15, -0.1) is 0 Å². The number of pyridine rings is 1. The van der Waals surface area contributed by atoms with Crippen molar-refractivity contribution in [1.29, 1.82) is 0 Å². The number of imidazole rings is 1. The second-order valence-corrected chi connectivity index (χ2v) is 6.05. The molecule has 1 saturated heterocycles. The van der Waals surface area contributed by atoms with Gasteiger partial charge in [0.2, 0.25) is 5.91 Å². The molecule has 1 aliphatic rings. The molecule has 0 aliphatic carbocycles. The van der Waals surface area contributed by atoms with Crippen molar-refractivity contribution in [3.05, 3.63) is 53.0 Å². The van der Waals surface area contributed by atoms with E-state index in [0.29, 0.717) is 13.1 Å². The molecule has 2 aromatic heterocycles. The lowest BCUT2D eigenvalue weighted by Crippen LogP contribution is -2.51. The number of hydrogen-bond donors (Lipinski definition) is 0. The van der Waals surface area contributed by atoms with Crippen molar-refractivity contribution in [2.75, 3.05) is 26.2 Å². The molecular weight excluding hydrogens is 306 g/mol. The Labute approximate surface area is 141 Å². The largest absolute Gasteiger partial charge is 0.338 e. The van der Waals surface area contributed by atoms with E-state index >= 15 is 0 Å². The Hall–Kier alpha value is -2.41. The van der Waals surface area contributed by atoms with Gasteiger partial charge in [-0.2, -0.15) is 0 Å². The monoisotopic (exact) mass is 329 g/mol. The molecule has 0 bridgehead atoms. The van der Waals surface area contributed by atoms with Gasteiger partial charge in [0, 0.05) is 51.3 Å². The Morgan fingerprint density at radius 3 is 2.79 bits per heavy atom. The fourth-order valence-corrected chi connectivity index (χ4v) is 3.21. The molecule has 1 amide bonds. The lowest BCUT2D eigenvalue weighted by atomic mass is 10.1. The molecular formula is C17H23N5O2. The molecule has 24 heavy (non-hydrogen) atoms. The minimum atomic E-state index is -0.154. The topological polar surface area (TPSA) is 63.4 Å². The summed E-state index contributed by atoms with van der Waals surface area (Å²) in [5.41, 5.74) is -0.154. The van der Waals surface area contributed by atoms with Crippen LogP contribution in [0.4, 0.5) is 0 Å². The van der Waals surface area contributed by atoms with Gasteiger partial charge in [-0.25, -0.2) is 4.98 Å². The standard InChI is InChI=1S/C17H23N5O2/c1-3-20-10-11-22(12-14(20)17-18-7-9-19(17)2)16(24)13-21-8-5-4-6-15(21)23/h4-9,14H,3,10-13H2,1-2H3/t14-/m0/s1. The van der Waals surface area contributed by atoms with Crippen LogP contribution in [0, 0.1) is 0 Å². The zero-order valence-corrected chi connectivity index (χ0v) is 14.1. The quantitative estimate of drug-likeness (QED) is 0.819. The number of aryl methyl sites for hydroxylation is 1. The molecule has 0 N–H and O–H groups in total. The Morgan fingerprint density at radius 1 is 1.29 bits per heavy atom. The highest BCUT2D eigenvalue weighted by molar-refractivity contribution is 5.76. The first-order valence-electron chi connectivity index (χ1n) is 8.24. The lowest BCUT2D eigenvalue weighted by molar-refractivity contribution is -0.135. The molecule has 2 aromatic rings. The van der Waals surface area contributed by atoms with E-state index in [1.165, 1.54) is 10.6 Å². The van der Waals surface area contributed by atoms with Gasteiger partial charge in [-0.1, -0.05) is 13.0 Å². The molecule has 1 fully saturated rings. The van der Waals surface area contributed by atoms with E-state index in [1.54, 1.807) is 24.5 Å². The van der Waals surface area contributed by atoms with Gasteiger partial charge in [0.25, 0.3) is 5.56 Å². The highest BCUT2D eigenvalue weighted by Gasteiger charge is 2.31. The van der Waals surface area contributed by atoms with Crippen LogP contribution in [0.2, 0.25) is 0 Å². The molecule has 7 nitrogen and oxygen atoms in total. The molecule has 0 aromatic carbocycles. The number of piperazine rings is 1. The molecule has 7 heteroatoms. The Bertz CT molecular complexity index is 766. The van der Waals surface area contributed by atoms with Gasteiger partial charge >= 0.3 is 0 Å². The number of rotatable bonds is 4. The number of likely N-dealkylation sites (N-methyl/N-ethyl adjacent to an activating group) is 1. The average molecular weight is 329 g/mol. The Balaban J connectivity index is 1.75. The average Bonchev–Trinajstić information content (AvgIpc) is 3.02. The summed E-state index contributed by atoms with van der Waals surface area (Å²) in [6.07, 6.45) is 5.36. The SMILES string of the molecule is CCN1CCN(C(=O)Cn2ccccc2=O)C[C@H]1c1nccn1C. The molecule has 3 rings (SSSR count). The van der Waals surface area contributed by atoms with E-state index in [1.807, 2.05) is 22.7 Å². The maximum absolute atomic E-state index is 12.6. The van der Waals surface area contributed by atoms with Crippen molar-refractivity contribution >= 4 is 5.91 Å². The van der Waals surface area contributed by atoms with Crippen molar-refractivity contribution in [3.8, 4) is 0 Å². The van der Waals surface area contributed by atoms with E-state index in [2.05, 4.69) is 16.8 Å². The number of amides is 1. The summed E-state index contributed by atoms with van der Waals surface area (Å²) in [5, 5.41) is 0. The van der Waals surface area contributed by atoms with E-state index in [0.717, 1.165) is 18.9 Å². The normalized spacial score (nSPS) is 18.8. The Kier molecular flexibility index (Phi) is 4.80. The van der Waals surface area contributed by atoms with Crippen LogP contribution in [-0.2, 0) is 18.4 Å². The second kappa shape index (κ2) is 7.00. The van der Waals surface area contributed by atoms with Crippen LogP contribution in [0.3, 0.4) is 0 Å². The maximum atomic E-state index is 12.6. The van der Waals surface area contributed by atoms with Crippen LogP contribution >= 0.6 is 0 Å². The predicted octanol–water partition coefficient (Wildman–Crippen LogP) is 0.487. The van der Waals surface area contributed by atoms with Crippen LogP contribution in [0.1, 0.15) is 18.8 Å². The summed E-state index contributed by atoms with van der Waals surface area (Å²) >= 11 is 0. The molecule has 3 heterocycles. The van der Waals surface area contributed by atoms with E-state index in [-0.39, 0.29) is 24.1 Å². The first kappa shape index (κ1) is 16.4. The zero-order valence-electron chi connectivity index (χ0n) is 14.1. The molecule has 1 aliphatic heterocycles. The third kappa shape index (κ3) is 3.26. The maximum Gasteiger partial charge on any atom is 0.250 e. The lowest BCUT2D eigenvalue weighted by Gasteiger charge is -2.40. The fourth-order valence-electron chi connectivity index (χ4n) is 3.21. The summed E-state index contributed by atoms with van der Waals surface area (Å²) in [7, 11) is 1.97. The van der Waals surface area contributed by atoms with Crippen molar-refractivity contribution in [2.24, 2.45) is 7.05 Å². The molecule has 0 spiro atoms. The second-order valence-electron chi connectivity index (χ2n) is 6.05. The third-order valence-electron chi connectivity index (χ3n) is 4.61. The fraction of sp³-hybridized carbons (Fsp3) is 0.471. The summed E-state index contributed by atoms with van der Waals surface area (Å²) in [5.74, 6) is 0.935. The van der Waals surface area contributed by atoms with Crippen molar-refractivity contribution in [1.82, 2.24) is 23.9 Å². The van der Waals surface area contributed by atoms with Crippen LogP contribution in [0.25, 0.3) is 0 Å². The number of aromatic nitrogens is 3. The van der Waals surface area contributed by atoms with E-state index in [4.69, 9.17) is 0 Å². The van der Waals surface area contributed by atoms with Crippen molar-refractivity contribution in [3.63, 3.8) is 0 Å². The van der Waals surface area contributed by atoms with Gasteiger partial charge in [0.1, 0.15) is 12.4 Å². The van der Waals surface area contributed by atoms with Crippen LogP contribution < -0.4 is 5.56 Å². The molecule has 0 radical (unpaired) electrons. The minimum absolute atomic E-state index is 0.0294. The van der Waals surface area contributed by atoms with Crippen molar-refractivity contribution < 1.29 is 4.79 Å². The molecule has 1 atom stereocenters. The highest BCUT2D eigenvalue weighted by atomic mass is 16.2. The first-order valence-corrected chi connectivity index (χ1v) is 8.24. The predicted molar refractivity (Wildman–Crippen MR) is 90.5 cm³/mol. The van der Waals surface area contributed by atoms with E-state index < -0.39 is 0 Å². The summed E-state index contributed by atoms with van der Waals surface area (Å²) < 4.78 is 3.45. The smallest absolute Gasteiger partial charge is 0.250 e. The van der Waals surface area contributed by atoms with Gasteiger partial charge < -0.3 is 14.0 Å².